The van der Waals surface area contributed by atoms with Crippen LogP contribution in [0.4, 0.5) is 11.4 Å². The molecule has 0 bridgehead atoms. The number of aryl methyl sites for hydroxylation is 1. The van der Waals surface area contributed by atoms with E-state index in [1.165, 1.54) is 0 Å². The first-order valence-electron chi connectivity index (χ1n) is 10.3. The third-order valence-electron chi connectivity index (χ3n) is 5.76. The number of rotatable bonds is 5. The molecule has 31 heavy (non-hydrogen) atoms. The number of nitrogens with one attached hydrogen (secondary N) is 2. The first-order chi connectivity index (χ1) is 14.5. The predicted molar refractivity (Wildman–Crippen MR) is 121 cm³/mol. The number of amides is 2. The minimum Gasteiger partial charge on any atom is -0.481 e. The Hall–Kier alpha value is -3.13. The highest BCUT2D eigenvalue weighted by Gasteiger charge is 2.26. The summed E-state index contributed by atoms with van der Waals surface area (Å²) in [5.41, 5.74) is 3.87. The van der Waals surface area contributed by atoms with Gasteiger partial charge in [-0.15, -0.1) is 0 Å². The van der Waals surface area contributed by atoms with Gasteiger partial charge in [-0.2, -0.15) is 0 Å². The number of likely N-dealkylation sites (N-methyl/N-ethyl adjacent to an activating group) is 1. The molecule has 2 amide bonds. The number of benzene rings is 1. The van der Waals surface area contributed by atoms with Gasteiger partial charge in [-0.05, 0) is 71.5 Å². The Morgan fingerprint density at radius 3 is 2.52 bits per heavy atom. The van der Waals surface area contributed by atoms with Crippen molar-refractivity contribution in [2.24, 2.45) is 0 Å². The second kappa shape index (κ2) is 8.55. The molecule has 3 rings (SSSR count). The lowest BCUT2D eigenvalue weighted by atomic mass is 9.98. The van der Waals surface area contributed by atoms with E-state index < -0.39 is 5.91 Å². The lowest BCUT2D eigenvalue weighted by Gasteiger charge is -2.26. The standard InChI is InChI=1S/C23H30N4O4/c1-12-8-9-27(13(2)10-26(6)7)23(30)18(12)22(29)25-19-14(3)15(4)21-20(16(19)5)24-17(28)11-31-21/h8-9,13H,10-11H2,1-7H3,(H,24,28)(H,25,29). The Bertz CT molecular complexity index is 1120. The number of fused-ring (bicyclic) bond motifs is 1. The van der Waals surface area contributed by atoms with E-state index in [1.807, 2.05) is 46.7 Å². The predicted octanol–water partition coefficient (Wildman–Crippen LogP) is 2.79. The molecule has 0 aliphatic carbocycles. The van der Waals surface area contributed by atoms with Crippen LogP contribution < -0.4 is 20.9 Å². The van der Waals surface area contributed by atoms with E-state index in [9.17, 15) is 14.4 Å². The fraction of sp³-hybridized carbons (Fsp3) is 0.435. The first-order valence-corrected chi connectivity index (χ1v) is 10.3. The van der Waals surface area contributed by atoms with Gasteiger partial charge in [-0.3, -0.25) is 14.4 Å². The quantitative estimate of drug-likeness (QED) is 0.767. The van der Waals surface area contributed by atoms with Crippen molar-refractivity contribution in [3.63, 3.8) is 0 Å². The van der Waals surface area contributed by atoms with E-state index in [0.717, 1.165) is 11.1 Å². The zero-order valence-electron chi connectivity index (χ0n) is 19.2. The first kappa shape index (κ1) is 22.6. The molecule has 1 aliphatic heterocycles. The summed E-state index contributed by atoms with van der Waals surface area (Å²) in [7, 11) is 3.88. The summed E-state index contributed by atoms with van der Waals surface area (Å²) in [6.07, 6.45) is 1.73. The monoisotopic (exact) mass is 426 g/mol. The smallest absolute Gasteiger partial charge is 0.263 e. The van der Waals surface area contributed by atoms with Crippen LogP contribution in [0.5, 0.6) is 5.75 Å². The normalized spacial score (nSPS) is 14.0. The SMILES string of the molecule is Cc1ccn(C(C)CN(C)C)c(=O)c1C(=O)Nc1c(C)c(C)c2c(c1C)NC(=O)CO2. The maximum Gasteiger partial charge on any atom is 0.263 e. The topological polar surface area (TPSA) is 92.7 Å². The van der Waals surface area contributed by atoms with Gasteiger partial charge in [-0.25, -0.2) is 0 Å². The summed E-state index contributed by atoms with van der Waals surface area (Å²) >= 11 is 0. The number of hydrogen-bond acceptors (Lipinski definition) is 5. The van der Waals surface area contributed by atoms with E-state index in [1.54, 1.807) is 23.8 Å². The number of carbonyl (C=O) groups excluding carboxylic acids is 2. The molecule has 0 fully saturated rings. The zero-order chi connectivity index (χ0) is 23.0. The Labute approximate surface area is 182 Å². The molecule has 166 valence electrons. The molecule has 8 nitrogen and oxygen atoms in total. The largest absolute Gasteiger partial charge is 0.481 e. The van der Waals surface area contributed by atoms with Crippen molar-refractivity contribution in [2.75, 3.05) is 37.9 Å². The molecule has 2 heterocycles. The molecular formula is C23H30N4O4. The Kier molecular flexibility index (Phi) is 6.22. The number of carbonyl (C=O) groups is 2. The van der Waals surface area contributed by atoms with Crippen molar-refractivity contribution in [3.05, 3.63) is 50.4 Å². The van der Waals surface area contributed by atoms with Crippen molar-refractivity contribution < 1.29 is 14.3 Å². The lowest BCUT2D eigenvalue weighted by Crippen LogP contribution is -2.35. The van der Waals surface area contributed by atoms with Crippen LogP contribution in [0.25, 0.3) is 0 Å². The molecule has 0 radical (unpaired) electrons. The molecule has 0 saturated heterocycles. The summed E-state index contributed by atoms with van der Waals surface area (Å²) in [6.45, 7) is 9.91. The maximum atomic E-state index is 13.2. The van der Waals surface area contributed by atoms with Gasteiger partial charge in [0.2, 0.25) is 0 Å². The summed E-state index contributed by atoms with van der Waals surface area (Å²) < 4.78 is 7.19. The van der Waals surface area contributed by atoms with Crippen LogP contribution in [0.1, 0.15) is 45.6 Å². The van der Waals surface area contributed by atoms with Gasteiger partial charge in [-0.1, -0.05) is 0 Å². The highest BCUT2D eigenvalue weighted by atomic mass is 16.5. The highest BCUT2D eigenvalue weighted by molar-refractivity contribution is 6.07. The molecule has 1 aromatic carbocycles. The van der Waals surface area contributed by atoms with Gasteiger partial charge >= 0.3 is 0 Å². The van der Waals surface area contributed by atoms with E-state index in [-0.39, 0.29) is 29.7 Å². The highest BCUT2D eigenvalue weighted by Crippen LogP contribution is 2.41. The third kappa shape index (κ3) is 4.20. The minimum absolute atomic E-state index is 0.0354. The average Bonchev–Trinajstić information content (AvgIpc) is 2.69. The molecule has 0 saturated carbocycles. The van der Waals surface area contributed by atoms with Gasteiger partial charge in [0.1, 0.15) is 11.3 Å². The Balaban J connectivity index is 2.03. The third-order valence-corrected chi connectivity index (χ3v) is 5.76. The molecule has 1 aromatic heterocycles. The summed E-state index contributed by atoms with van der Waals surface area (Å²) in [6, 6.07) is 1.70. The number of hydrogen-bond donors (Lipinski definition) is 2. The minimum atomic E-state index is -0.470. The number of ether oxygens (including phenoxy) is 1. The number of nitrogens with zero attached hydrogens (tertiary/aromatic N) is 2. The van der Waals surface area contributed by atoms with Crippen molar-refractivity contribution in [1.82, 2.24) is 9.47 Å². The molecule has 2 N–H and O–H groups in total. The van der Waals surface area contributed by atoms with Gasteiger partial charge in [0.05, 0.1) is 5.69 Å². The van der Waals surface area contributed by atoms with Crippen LogP contribution >= 0.6 is 0 Å². The number of anilines is 2. The Morgan fingerprint density at radius 1 is 1.19 bits per heavy atom. The summed E-state index contributed by atoms with van der Waals surface area (Å²) in [5, 5.41) is 5.75. The van der Waals surface area contributed by atoms with Gasteiger partial charge in [0.25, 0.3) is 17.4 Å². The van der Waals surface area contributed by atoms with Crippen molar-refractivity contribution >= 4 is 23.2 Å². The fourth-order valence-electron chi connectivity index (χ4n) is 4.01. The van der Waals surface area contributed by atoms with Gasteiger partial charge < -0.3 is 24.8 Å². The maximum absolute atomic E-state index is 13.2. The molecule has 1 aliphatic rings. The van der Waals surface area contributed by atoms with Crippen LogP contribution in [0.15, 0.2) is 17.1 Å². The van der Waals surface area contributed by atoms with E-state index >= 15 is 0 Å². The van der Waals surface area contributed by atoms with Crippen LogP contribution in [-0.2, 0) is 4.79 Å². The van der Waals surface area contributed by atoms with Gasteiger partial charge in [0, 0.05) is 30.0 Å². The van der Waals surface area contributed by atoms with Crippen LogP contribution in [-0.4, -0.2) is 48.5 Å². The number of pyridine rings is 1. The van der Waals surface area contributed by atoms with Gasteiger partial charge in [0.15, 0.2) is 6.61 Å². The second-order valence-corrected chi connectivity index (χ2v) is 8.44. The molecule has 8 heteroatoms. The zero-order valence-corrected chi connectivity index (χ0v) is 19.2. The van der Waals surface area contributed by atoms with Crippen molar-refractivity contribution in [2.45, 2.75) is 40.7 Å². The molecular weight excluding hydrogens is 396 g/mol. The molecule has 1 unspecified atom stereocenters. The number of aromatic nitrogens is 1. The second-order valence-electron chi connectivity index (χ2n) is 8.44. The Morgan fingerprint density at radius 2 is 1.87 bits per heavy atom. The van der Waals surface area contributed by atoms with E-state index in [2.05, 4.69) is 10.6 Å². The van der Waals surface area contributed by atoms with Crippen molar-refractivity contribution in [3.8, 4) is 5.75 Å². The summed E-state index contributed by atoms with van der Waals surface area (Å²) in [5.74, 6) is -0.0985. The van der Waals surface area contributed by atoms with Crippen LogP contribution in [0.3, 0.4) is 0 Å². The fourth-order valence-corrected chi connectivity index (χ4v) is 4.01. The van der Waals surface area contributed by atoms with Crippen LogP contribution in [0, 0.1) is 27.7 Å². The molecule has 0 spiro atoms. The molecule has 2 aromatic rings. The lowest BCUT2D eigenvalue weighted by molar-refractivity contribution is -0.118. The van der Waals surface area contributed by atoms with Crippen LogP contribution in [0.2, 0.25) is 0 Å². The van der Waals surface area contributed by atoms with Crippen molar-refractivity contribution in [1.29, 1.82) is 0 Å². The summed E-state index contributed by atoms with van der Waals surface area (Å²) in [4.78, 5) is 40.2. The average molecular weight is 427 g/mol. The van der Waals surface area contributed by atoms with E-state index in [0.29, 0.717) is 34.8 Å². The molecule has 1 atom stereocenters. The van der Waals surface area contributed by atoms with E-state index in [4.69, 9.17) is 4.74 Å².